The maximum atomic E-state index is 12.9. The van der Waals surface area contributed by atoms with E-state index in [9.17, 15) is 14.7 Å². The van der Waals surface area contributed by atoms with Crippen LogP contribution in [0.25, 0.3) is 5.76 Å². The number of Topliss-reactive ketones (excluding diaryl/α,β-unsaturated/α-hetero) is 1. The van der Waals surface area contributed by atoms with Crippen molar-refractivity contribution in [2.75, 3.05) is 39.4 Å². The van der Waals surface area contributed by atoms with Crippen LogP contribution in [-0.4, -0.2) is 66.0 Å². The van der Waals surface area contributed by atoms with E-state index >= 15 is 0 Å². The lowest BCUT2D eigenvalue weighted by atomic mass is 10.00. The minimum Gasteiger partial charge on any atom is -0.507 e. The number of hydrogen-bond acceptors (Lipinski definition) is 6. The predicted octanol–water partition coefficient (Wildman–Crippen LogP) is 3.26. The lowest BCUT2D eigenvalue weighted by Crippen LogP contribution is -2.42. The zero-order chi connectivity index (χ0) is 20.4. The van der Waals surface area contributed by atoms with Gasteiger partial charge in [-0.15, -0.1) is 11.3 Å². The molecule has 1 amide bonds. The molecule has 1 aromatic heterocycles. The fraction of sp³-hybridized carbons (Fsp3) is 0.333. The second-order valence-electron chi connectivity index (χ2n) is 6.97. The monoisotopic (exact) mass is 476 g/mol. The van der Waals surface area contributed by atoms with Crippen molar-refractivity contribution in [1.82, 2.24) is 9.80 Å². The largest absolute Gasteiger partial charge is 0.507 e. The molecule has 2 saturated heterocycles. The van der Waals surface area contributed by atoms with Gasteiger partial charge in [0.1, 0.15) is 5.76 Å². The number of likely N-dealkylation sites (tertiary alicyclic amines) is 1. The number of hydrogen-bond donors (Lipinski definition) is 1. The fourth-order valence-corrected chi connectivity index (χ4v) is 4.80. The van der Waals surface area contributed by atoms with Crippen LogP contribution in [0.5, 0.6) is 0 Å². The van der Waals surface area contributed by atoms with Gasteiger partial charge in [-0.3, -0.25) is 14.5 Å². The quantitative estimate of drug-likeness (QED) is 0.407. The van der Waals surface area contributed by atoms with Crippen LogP contribution in [0.1, 0.15) is 16.5 Å². The molecule has 6 nitrogen and oxygen atoms in total. The number of halogens is 1. The van der Waals surface area contributed by atoms with Gasteiger partial charge in [-0.25, -0.2) is 0 Å². The van der Waals surface area contributed by atoms with E-state index in [2.05, 4.69) is 20.8 Å². The summed E-state index contributed by atoms with van der Waals surface area (Å²) in [6, 6.07) is 10.3. The molecule has 1 N–H and O–H groups in total. The number of carbonyl (C=O) groups is 2. The zero-order valence-corrected chi connectivity index (χ0v) is 18.1. The highest BCUT2D eigenvalue weighted by Crippen LogP contribution is 2.41. The number of ketones is 1. The number of aliphatic hydroxyl groups is 1. The molecule has 0 bridgehead atoms. The number of ether oxygens (including phenoxy) is 1. The van der Waals surface area contributed by atoms with E-state index in [4.69, 9.17) is 4.74 Å². The highest BCUT2D eigenvalue weighted by atomic mass is 79.9. The van der Waals surface area contributed by atoms with Gasteiger partial charge in [-0.2, -0.15) is 0 Å². The van der Waals surface area contributed by atoms with E-state index in [1.165, 1.54) is 11.3 Å². The molecule has 0 saturated carbocycles. The molecular formula is C21H21BrN2O4S. The Morgan fingerprint density at radius 3 is 2.52 bits per heavy atom. The molecule has 2 aliphatic rings. The number of benzene rings is 1. The summed E-state index contributed by atoms with van der Waals surface area (Å²) >= 11 is 4.85. The van der Waals surface area contributed by atoms with Gasteiger partial charge in [-0.1, -0.05) is 34.1 Å². The van der Waals surface area contributed by atoms with Crippen LogP contribution in [0, 0.1) is 0 Å². The number of thiophene rings is 1. The molecule has 2 aromatic rings. The van der Waals surface area contributed by atoms with Crippen molar-refractivity contribution in [3.63, 3.8) is 0 Å². The van der Waals surface area contributed by atoms with Gasteiger partial charge in [0.2, 0.25) is 0 Å². The molecule has 0 aliphatic carbocycles. The SMILES string of the molecule is O=C1C(=O)N(CCN2CCOCC2)C(c2cccs2)/C1=C(\O)c1ccc(Br)cc1. The summed E-state index contributed by atoms with van der Waals surface area (Å²) in [5.41, 5.74) is 0.669. The molecule has 2 fully saturated rings. The topological polar surface area (TPSA) is 70.1 Å². The van der Waals surface area contributed by atoms with Crippen LogP contribution < -0.4 is 0 Å². The van der Waals surface area contributed by atoms with Gasteiger partial charge >= 0.3 is 0 Å². The third-order valence-corrected chi connectivity index (χ3v) is 6.68. The molecular weight excluding hydrogens is 456 g/mol. The maximum Gasteiger partial charge on any atom is 0.295 e. The van der Waals surface area contributed by atoms with Crippen LogP contribution in [0.2, 0.25) is 0 Å². The Hall–Kier alpha value is -2.00. The summed E-state index contributed by atoms with van der Waals surface area (Å²) in [5.74, 6) is -1.33. The van der Waals surface area contributed by atoms with Crippen LogP contribution in [-0.2, 0) is 14.3 Å². The predicted molar refractivity (Wildman–Crippen MR) is 115 cm³/mol. The Bertz CT molecular complexity index is 921. The number of rotatable bonds is 5. The van der Waals surface area contributed by atoms with E-state index in [0.717, 1.165) is 22.4 Å². The van der Waals surface area contributed by atoms with E-state index in [1.54, 1.807) is 29.2 Å². The van der Waals surface area contributed by atoms with Gasteiger partial charge in [0.25, 0.3) is 11.7 Å². The number of carbonyl (C=O) groups excluding carboxylic acids is 2. The standard InChI is InChI=1S/C21H21BrN2O4S/c22-15-5-3-14(4-6-15)19(25)17-18(16-2-1-13-29-16)24(21(27)20(17)26)8-7-23-9-11-28-12-10-23/h1-6,13,18,25H,7-12H2/b19-17+. The molecule has 152 valence electrons. The Morgan fingerprint density at radius 2 is 1.86 bits per heavy atom. The van der Waals surface area contributed by atoms with Gasteiger partial charge in [-0.05, 0) is 23.6 Å². The molecule has 0 spiro atoms. The van der Waals surface area contributed by atoms with Crippen molar-refractivity contribution < 1.29 is 19.4 Å². The van der Waals surface area contributed by atoms with Crippen LogP contribution in [0.4, 0.5) is 0 Å². The highest BCUT2D eigenvalue weighted by Gasteiger charge is 2.46. The van der Waals surface area contributed by atoms with Crippen molar-refractivity contribution in [1.29, 1.82) is 0 Å². The Balaban J connectivity index is 1.68. The van der Waals surface area contributed by atoms with E-state index < -0.39 is 17.7 Å². The van der Waals surface area contributed by atoms with Gasteiger partial charge in [0, 0.05) is 41.1 Å². The smallest absolute Gasteiger partial charge is 0.295 e. The van der Waals surface area contributed by atoms with Crippen LogP contribution >= 0.6 is 27.3 Å². The Kier molecular flexibility index (Phi) is 6.15. The third kappa shape index (κ3) is 4.16. The van der Waals surface area contributed by atoms with Crippen molar-refractivity contribution >= 4 is 44.7 Å². The Labute approximate surface area is 181 Å². The lowest BCUT2D eigenvalue weighted by molar-refractivity contribution is -0.140. The summed E-state index contributed by atoms with van der Waals surface area (Å²) in [6.07, 6.45) is 0. The molecule has 2 aliphatic heterocycles. The summed E-state index contributed by atoms with van der Waals surface area (Å²) in [4.78, 5) is 30.5. The zero-order valence-electron chi connectivity index (χ0n) is 15.7. The number of amides is 1. The summed E-state index contributed by atoms with van der Waals surface area (Å²) in [6.45, 7) is 4.06. The first-order chi connectivity index (χ1) is 14.1. The summed E-state index contributed by atoms with van der Waals surface area (Å²) in [5, 5.41) is 12.9. The number of nitrogens with zero attached hydrogens (tertiary/aromatic N) is 2. The van der Waals surface area contributed by atoms with Gasteiger partial charge in [0.15, 0.2) is 0 Å². The van der Waals surface area contributed by atoms with Crippen LogP contribution in [0.15, 0.2) is 51.8 Å². The fourth-order valence-electron chi connectivity index (χ4n) is 3.69. The van der Waals surface area contributed by atoms with Gasteiger partial charge < -0.3 is 14.7 Å². The molecule has 0 radical (unpaired) electrons. The molecule has 8 heteroatoms. The van der Waals surface area contributed by atoms with E-state index in [0.29, 0.717) is 31.9 Å². The van der Waals surface area contributed by atoms with Crippen LogP contribution in [0.3, 0.4) is 0 Å². The van der Waals surface area contributed by atoms with Gasteiger partial charge in [0.05, 0.1) is 24.8 Å². The number of morpholine rings is 1. The van der Waals surface area contributed by atoms with E-state index in [1.807, 2.05) is 17.5 Å². The highest BCUT2D eigenvalue weighted by molar-refractivity contribution is 9.10. The van der Waals surface area contributed by atoms with E-state index in [-0.39, 0.29) is 11.3 Å². The molecule has 1 unspecified atom stereocenters. The lowest BCUT2D eigenvalue weighted by Gasteiger charge is -2.30. The first kappa shape index (κ1) is 20.3. The summed E-state index contributed by atoms with van der Waals surface area (Å²) < 4.78 is 6.25. The minimum atomic E-state index is -0.634. The molecule has 3 heterocycles. The van der Waals surface area contributed by atoms with Crippen molar-refractivity contribution in [3.05, 3.63) is 62.3 Å². The third-order valence-electron chi connectivity index (χ3n) is 5.23. The maximum absolute atomic E-state index is 12.9. The number of aliphatic hydroxyl groups excluding tert-OH is 1. The average molecular weight is 477 g/mol. The average Bonchev–Trinajstić information content (AvgIpc) is 3.35. The first-order valence-electron chi connectivity index (χ1n) is 9.44. The van der Waals surface area contributed by atoms with Crippen molar-refractivity contribution in [2.45, 2.75) is 6.04 Å². The van der Waals surface area contributed by atoms with Crippen molar-refractivity contribution in [2.24, 2.45) is 0 Å². The van der Waals surface area contributed by atoms with Crippen molar-refractivity contribution in [3.8, 4) is 0 Å². The molecule has 1 aromatic carbocycles. The summed E-state index contributed by atoms with van der Waals surface area (Å²) in [7, 11) is 0. The molecule has 4 rings (SSSR count). The Morgan fingerprint density at radius 1 is 1.14 bits per heavy atom. The first-order valence-corrected chi connectivity index (χ1v) is 11.1. The molecule has 29 heavy (non-hydrogen) atoms. The second kappa shape index (κ2) is 8.79. The second-order valence-corrected chi connectivity index (χ2v) is 8.86. The normalized spacial score (nSPS) is 22.4. The minimum absolute atomic E-state index is 0.136. The molecule has 1 atom stereocenters.